The molecule has 2 aromatic heterocycles. The lowest BCUT2D eigenvalue weighted by Crippen LogP contribution is -2.28. The Labute approximate surface area is 114 Å². The molecule has 0 fully saturated rings. The number of hydrogen-bond donors (Lipinski definition) is 1. The largest absolute Gasteiger partial charge is 0.467 e. The summed E-state index contributed by atoms with van der Waals surface area (Å²) in [5.41, 5.74) is 0.322. The number of nitrogens with one attached hydrogen (secondary N) is 1. The quantitative estimate of drug-likeness (QED) is 0.899. The lowest BCUT2D eigenvalue weighted by molar-refractivity contribution is 0.347. The molecule has 104 valence electrons. The van der Waals surface area contributed by atoms with Gasteiger partial charge in [0.25, 0.3) is 0 Å². The van der Waals surface area contributed by atoms with Crippen LogP contribution in [0.3, 0.4) is 0 Å². The van der Waals surface area contributed by atoms with Gasteiger partial charge in [-0.25, -0.2) is 4.98 Å². The number of rotatable bonds is 5. The molecule has 0 aliphatic rings. The van der Waals surface area contributed by atoms with E-state index in [1.54, 1.807) is 6.26 Å². The standard InChI is InChI=1S/C15H23N3O/c1-15(2,3)7-8-16-13(12-6-5-11-19-12)14-17-9-10-18(14)4/h5-6,9-11,13,16H,7-8H2,1-4H3. The van der Waals surface area contributed by atoms with Crippen molar-refractivity contribution < 1.29 is 4.42 Å². The zero-order valence-corrected chi connectivity index (χ0v) is 12.2. The van der Waals surface area contributed by atoms with E-state index in [0.29, 0.717) is 5.41 Å². The van der Waals surface area contributed by atoms with Gasteiger partial charge < -0.3 is 14.3 Å². The first-order chi connectivity index (χ1) is 8.97. The highest BCUT2D eigenvalue weighted by molar-refractivity contribution is 5.15. The Kier molecular flexibility index (Phi) is 4.10. The third kappa shape index (κ3) is 3.70. The van der Waals surface area contributed by atoms with Gasteiger partial charge in [-0.05, 0) is 30.5 Å². The van der Waals surface area contributed by atoms with Crippen molar-refractivity contribution in [3.63, 3.8) is 0 Å². The van der Waals surface area contributed by atoms with Crippen LogP contribution in [-0.4, -0.2) is 16.1 Å². The molecule has 1 atom stereocenters. The predicted molar refractivity (Wildman–Crippen MR) is 75.8 cm³/mol. The Balaban J connectivity index is 2.11. The smallest absolute Gasteiger partial charge is 0.133 e. The summed E-state index contributed by atoms with van der Waals surface area (Å²) in [6.07, 6.45) is 6.58. The number of imidazole rings is 1. The van der Waals surface area contributed by atoms with Gasteiger partial charge in [0.15, 0.2) is 0 Å². The lowest BCUT2D eigenvalue weighted by Gasteiger charge is -2.21. The number of hydrogen-bond acceptors (Lipinski definition) is 3. The van der Waals surface area contributed by atoms with E-state index in [4.69, 9.17) is 4.42 Å². The molecule has 1 unspecified atom stereocenters. The molecule has 0 bridgehead atoms. The maximum Gasteiger partial charge on any atom is 0.133 e. The average molecular weight is 261 g/mol. The number of aryl methyl sites for hydroxylation is 1. The summed E-state index contributed by atoms with van der Waals surface area (Å²) in [7, 11) is 2.00. The molecule has 0 saturated carbocycles. The third-order valence-electron chi connectivity index (χ3n) is 3.17. The van der Waals surface area contributed by atoms with Crippen LogP contribution in [-0.2, 0) is 7.05 Å². The summed E-state index contributed by atoms with van der Waals surface area (Å²) in [6.45, 7) is 7.67. The van der Waals surface area contributed by atoms with E-state index in [1.807, 2.05) is 36.1 Å². The van der Waals surface area contributed by atoms with Gasteiger partial charge in [-0.2, -0.15) is 0 Å². The van der Waals surface area contributed by atoms with Crippen molar-refractivity contribution in [1.82, 2.24) is 14.9 Å². The van der Waals surface area contributed by atoms with E-state index in [9.17, 15) is 0 Å². The van der Waals surface area contributed by atoms with E-state index in [2.05, 4.69) is 31.1 Å². The van der Waals surface area contributed by atoms with Crippen molar-refractivity contribution in [3.8, 4) is 0 Å². The van der Waals surface area contributed by atoms with Gasteiger partial charge in [-0.1, -0.05) is 20.8 Å². The molecule has 0 aliphatic heterocycles. The van der Waals surface area contributed by atoms with Crippen molar-refractivity contribution in [2.75, 3.05) is 6.54 Å². The fourth-order valence-corrected chi connectivity index (χ4v) is 2.02. The van der Waals surface area contributed by atoms with Crippen LogP contribution < -0.4 is 5.32 Å². The van der Waals surface area contributed by atoms with E-state index in [1.165, 1.54) is 0 Å². The van der Waals surface area contributed by atoms with Gasteiger partial charge in [0.1, 0.15) is 17.6 Å². The molecule has 0 amide bonds. The van der Waals surface area contributed by atoms with Gasteiger partial charge in [0.05, 0.1) is 6.26 Å². The number of furan rings is 1. The molecule has 0 aromatic carbocycles. The topological polar surface area (TPSA) is 43.0 Å². The van der Waals surface area contributed by atoms with Crippen LogP contribution in [0.25, 0.3) is 0 Å². The fourth-order valence-electron chi connectivity index (χ4n) is 2.02. The van der Waals surface area contributed by atoms with Crippen LogP contribution in [0.5, 0.6) is 0 Å². The van der Waals surface area contributed by atoms with Gasteiger partial charge in [0, 0.05) is 19.4 Å². The highest BCUT2D eigenvalue weighted by atomic mass is 16.3. The van der Waals surface area contributed by atoms with Crippen molar-refractivity contribution in [1.29, 1.82) is 0 Å². The summed E-state index contributed by atoms with van der Waals surface area (Å²) >= 11 is 0. The van der Waals surface area contributed by atoms with E-state index < -0.39 is 0 Å². The molecule has 1 N–H and O–H groups in total. The summed E-state index contributed by atoms with van der Waals surface area (Å²) in [5, 5.41) is 3.54. The lowest BCUT2D eigenvalue weighted by atomic mass is 9.92. The Bertz CT molecular complexity index is 494. The maximum atomic E-state index is 5.54. The maximum absolute atomic E-state index is 5.54. The van der Waals surface area contributed by atoms with Crippen LogP contribution in [0.2, 0.25) is 0 Å². The third-order valence-corrected chi connectivity index (χ3v) is 3.17. The molecule has 0 spiro atoms. The fraction of sp³-hybridized carbons (Fsp3) is 0.533. The molecule has 4 nitrogen and oxygen atoms in total. The normalized spacial score (nSPS) is 13.7. The molecule has 2 rings (SSSR count). The highest BCUT2D eigenvalue weighted by Crippen LogP contribution is 2.22. The van der Waals surface area contributed by atoms with E-state index in [0.717, 1.165) is 24.6 Å². The molecule has 2 heterocycles. The summed E-state index contributed by atoms with van der Waals surface area (Å²) in [6, 6.07) is 3.91. The van der Waals surface area contributed by atoms with Gasteiger partial charge in [-0.15, -0.1) is 0 Å². The first-order valence-electron chi connectivity index (χ1n) is 6.71. The first kappa shape index (κ1) is 13.9. The van der Waals surface area contributed by atoms with Crippen LogP contribution in [0, 0.1) is 5.41 Å². The second-order valence-corrected chi connectivity index (χ2v) is 6.11. The average Bonchev–Trinajstić information content (AvgIpc) is 2.94. The molecule has 19 heavy (non-hydrogen) atoms. The molecule has 0 aliphatic carbocycles. The molecule has 4 heteroatoms. The molecule has 0 saturated heterocycles. The molecule has 2 aromatic rings. The first-order valence-corrected chi connectivity index (χ1v) is 6.71. The minimum absolute atomic E-state index is 0.0114. The van der Waals surface area contributed by atoms with Crippen LogP contribution in [0.15, 0.2) is 35.2 Å². The Hall–Kier alpha value is -1.55. The van der Waals surface area contributed by atoms with E-state index in [-0.39, 0.29) is 6.04 Å². The second-order valence-electron chi connectivity index (χ2n) is 6.11. The SMILES string of the molecule is Cn1ccnc1C(NCCC(C)(C)C)c1ccco1. The molecular weight excluding hydrogens is 238 g/mol. The minimum atomic E-state index is 0.0114. The summed E-state index contributed by atoms with van der Waals surface area (Å²) in [5.74, 6) is 1.88. The monoisotopic (exact) mass is 261 g/mol. The highest BCUT2D eigenvalue weighted by Gasteiger charge is 2.21. The Morgan fingerprint density at radius 2 is 2.21 bits per heavy atom. The van der Waals surface area contributed by atoms with Crippen molar-refractivity contribution in [2.45, 2.75) is 33.2 Å². The van der Waals surface area contributed by atoms with E-state index >= 15 is 0 Å². The van der Waals surface area contributed by atoms with Crippen molar-refractivity contribution in [2.24, 2.45) is 12.5 Å². The molecule has 0 radical (unpaired) electrons. The second kappa shape index (κ2) is 5.61. The summed E-state index contributed by atoms with van der Waals surface area (Å²) in [4.78, 5) is 4.43. The van der Waals surface area contributed by atoms with Gasteiger partial charge in [0.2, 0.25) is 0 Å². The van der Waals surface area contributed by atoms with Crippen molar-refractivity contribution in [3.05, 3.63) is 42.4 Å². The zero-order valence-electron chi connectivity index (χ0n) is 12.2. The number of aromatic nitrogens is 2. The molecular formula is C15H23N3O. The van der Waals surface area contributed by atoms with Crippen LogP contribution in [0.1, 0.15) is 44.8 Å². The van der Waals surface area contributed by atoms with Crippen LogP contribution in [0.4, 0.5) is 0 Å². The van der Waals surface area contributed by atoms with Crippen molar-refractivity contribution >= 4 is 0 Å². The Morgan fingerprint density at radius 1 is 1.42 bits per heavy atom. The number of nitrogens with zero attached hydrogens (tertiary/aromatic N) is 2. The van der Waals surface area contributed by atoms with Crippen LogP contribution >= 0.6 is 0 Å². The van der Waals surface area contributed by atoms with Gasteiger partial charge >= 0.3 is 0 Å². The summed E-state index contributed by atoms with van der Waals surface area (Å²) < 4.78 is 7.57. The Morgan fingerprint density at radius 3 is 2.74 bits per heavy atom. The minimum Gasteiger partial charge on any atom is -0.467 e. The zero-order chi connectivity index (χ0) is 13.9. The van der Waals surface area contributed by atoms with Gasteiger partial charge in [-0.3, -0.25) is 0 Å². The predicted octanol–water partition coefficient (Wildman–Crippen LogP) is 3.13.